The van der Waals surface area contributed by atoms with E-state index in [1.165, 1.54) is 18.6 Å². The number of anilines is 1. The number of amides is 1. The predicted octanol–water partition coefficient (Wildman–Crippen LogP) is 3.35. The fourth-order valence-electron chi connectivity index (χ4n) is 1.80. The number of benzene rings is 1. The van der Waals surface area contributed by atoms with Gasteiger partial charge in [0.2, 0.25) is 0 Å². The van der Waals surface area contributed by atoms with Crippen LogP contribution in [-0.2, 0) is 4.79 Å². The zero-order valence-electron chi connectivity index (χ0n) is 12.9. The van der Waals surface area contributed by atoms with Gasteiger partial charge in [-0.15, -0.1) is 0 Å². The van der Waals surface area contributed by atoms with Crippen LogP contribution < -0.4 is 15.5 Å². The molecule has 2 aromatic rings. The number of nitrogens with one attached hydrogen (secondary N) is 2. The smallest absolute Gasteiger partial charge is 0.259 e. The Morgan fingerprint density at radius 1 is 1.33 bits per heavy atom. The molecule has 0 saturated carbocycles. The van der Waals surface area contributed by atoms with Crippen LogP contribution in [0.4, 0.5) is 5.69 Å². The summed E-state index contributed by atoms with van der Waals surface area (Å²) in [4.78, 5) is 15.6. The standard InChI is InChI=1S/C16H16Cl2N4O2/c1-2-24-12-5-3-4-11(6-12)20-10-16(23)22-21-7-13-14(17)8-19-9-15(13)18/h3-9,20H,2,10H2,1H3,(H,22,23). The zero-order valence-corrected chi connectivity index (χ0v) is 14.4. The molecule has 6 nitrogen and oxygen atoms in total. The number of hydrogen-bond donors (Lipinski definition) is 2. The highest BCUT2D eigenvalue weighted by Crippen LogP contribution is 2.20. The predicted molar refractivity (Wildman–Crippen MR) is 96.1 cm³/mol. The quantitative estimate of drug-likeness (QED) is 0.581. The monoisotopic (exact) mass is 366 g/mol. The molecule has 2 rings (SSSR count). The second-order valence-corrected chi connectivity index (χ2v) is 5.44. The molecule has 1 aromatic heterocycles. The van der Waals surface area contributed by atoms with Gasteiger partial charge in [0, 0.05) is 29.7 Å². The van der Waals surface area contributed by atoms with Gasteiger partial charge >= 0.3 is 0 Å². The largest absolute Gasteiger partial charge is 0.494 e. The van der Waals surface area contributed by atoms with Gasteiger partial charge in [-0.3, -0.25) is 9.78 Å². The van der Waals surface area contributed by atoms with Crippen molar-refractivity contribution in [3.05, 3.63) is 52.3 Å². The number of halogens is 2. The van der Waals surface area contributed by atoms with E-state index in [0.29, 0.717) is 22.2 Å². The summed E-state index contributed by atoms with van der Waals surface area (Å²) in [5, 5.41) is 7.53. The highest BCUT2D eigenvalue weighted by atomic mass is 35.5. The molecule has 126 valence electrons. The average Bonchev–Trinajstić information content (AvgIpc) is 2.56. The summed E-state index contributed by atoms with van der Waals surface area (Å²) >= 11 is 11.9. The highest BCUT2D eigenvalue weighted by Gasteiger charge is 2.04. The number of carbonyl (C=O) groups excluding carboxylic acids is 1. The number of nitrogens with zero attached hydrogens (tertiary/aromatic N) is 2. The van der Waals surface area contributed by atoms with Gasteiger partial charge in [-0.2, -0.15) is 5.10 Å². The third-order valence-corrected chi connectivity index (χ3v) is 3.47. The summed E-state index contributed by atoms with van der Waals surface area (Å²) in [6, 6.07) is 7.35. The Morgan fingerprint density at radius 2 is 2.08 bits per heavy atom. The molecule has 0 atom stereocenters. The van der Waals surface area contributed by atoms with Crippen LogP contribution in [0.15, 0.2) is 41.8 Å². The molecule has 0 aliphatic carbocycles. The molecule has 1 amide bonds. The Labute approximate surface area is 149 Å². The maximum absolute atomic E-state index is 11.8. The molecule has 0 aliphatic rings. The average molecular weight is 367 g/mol. The van der Waals surface area contributed by atoms with Crippen molar-refractivity contribution < 1.29 is 9.53 Å². The van der Waals surface area contributed by atoms with Crippen molar-refractivity contribution in [3.8, 4) is 5.75 Å². The molecule has 8 heteroatoms. The van der Waals surface area contributed by atoms with Gasteiger partial charge in [-0.05, 0) is 19.1 Å². The molecule has 24 heavy (non-hydrogen) atoms. The Balaban J connectivity index is 1.85. The van der Waals surface area contributed by atoms with E-state index in [1.54, 1.807) is 0 Å². The Hall–Kier alpha value is -2.31. The van der Waals surface area contributed by atoms with Gasteiger partial charge in [0.05, 0.1) is 29.4 Å². The van der Waals surface area contributed by atoms with Crippen molar-refractivity contribution >= 4 is 41.0 Å². The first-order valence-corrected chi connectivity index (χ1v) is 7.93. The van der Waals surface area contributed by atoms with Crippen LogP contribution >= 0.6 is 23.2 Å². The van der Waals surface area contributed by atoms with Crippen LogP contribution in [0.3, 0.4) is 0 Å². The minimum absolute atomic E-state index is 0.0602. The number of rotatable bonds is 7. The Kier molecular flexibility index (Phi) is 6.84. The van der Waals surface area contributed by atoms with Gasteiger partial charge in [0.15, 0.2) is 0 Å². The van der Waals surface area contributed by atoms with Crippen LogP contribution in [0.25, 0.3) is 0 Å². The van der Waals surface area contributed by atoms with Crippen LogP contribution in [0, 0.1) is 0 Å². The summed E-state index contributed by atoms with van der Waals surface area (Å²) in [7, 11) is 0. The first kappa shape index (κ1) is 18.0. The second-order valence-electron chi connectivity index (χ2n) is 4.62. The lowest BCUT2D eigenvalue weighted by atomic mass is 10.3. The third-order valence-electron chi connectivity index (χ3n) is 2.87. The first-order chi connectivity index (χ1) is 11.6. The zero-order chi connectivity index (χ0) is 17.4. The van der Waals surface area contributed by atoms with Crippen LogP contribution in [0.1, 0.15) is 12.5 Å². The first-order valence-electron chi connectivity index (χ1n) is 7.17. The van der Waals surface area contributed by atoms with E-state index in [9.17, 15) is 4.79 Å². The van der Waals surface area contributed by atoms with Gasteiger partial charge in [0.1, 0.15) is 5.75 Å². The van der Waals surface area contributed by atoms with E-state index in [2.05, 4.69) is 20.8 Å². The molecular weight excluding hydrogens is 351 g/mol. The van der Waals surface area contributed by atoms with Crippen molar-refractivity contribution in [2.24, 2.45) is 5.10 Å². The van der Waals surface area contributed by atoms with Crippen molar-refractivity contribution in [1.29, 1.82) is 0 Å². The topological polar surface area (TPSA) is 75.6 Å². The van der Waals surface area contributed by atoms with Gasteiger partial charge in [-0.1, -0.05) is 29.3 Å². The van der Waals surface area contributed by atoms with Crippen LogP contribution in [0.2, 0.25) is 10.0 Å². The van der Waals surface area contributed by atoms with Crippen LogP contribution in [0.5, 0.6) is 5.75 Å². The summed E-state index contributed by atoms with van der Waals surface area (Å²) in [6.45, 7) is 2.55. The number of carbonyl (C=O) groups is 1. The molecule has 1 aromatic carbocycles. The fraction of sp³-hybridized carbons (Fsp3) is 0.188. The molecule has 0 radical (unpaired) electrons. The molecule has 2 N–H and O–H groups in total. The van der Waals surface area contributed by atoms with Gasteiger partial charge < -0.3 is 10.1 Å². The molecule has 0 aliphatic heterocycles. The lowest BCUT2D eigenvalue weighted by Gasteiger charge is -2.08. The lowest BCUT2D eigenvalue weighted by molar-refractivity contribution is -0.119. The van der Waals surface area contributed by atoms with E-state index in [1.807, 2.05) is 31.2 Å². The summed E-state index contributed by atoms with van der Waals surface area (Å²) in [6.07, 6.45) is 4.27. The van der Waals surface area contributed by atoms with E-state index in [0.717, 1.165) is 11.4 Å². The van der Waals surface area contributed by atoms with Crippen molar-refractivity contribution in [2.45, 2.75) is 6.92 Å². The minimum Gasteiger partial charge on any atom is -0.494 e. The van der Waals surface area contributed by atoms with Crippen molar-refractivity contribution in [1.82, 2.24) is 10.4 Å². The maximum atomic E-state index is 11.8. The molecule has 0 fully saturated rings. The molecule has 0 saturated heterocycles. The molecule has 1 heterocycles. The fourth-order valence-corrected chi connectivity index (χ4v) is 2.26. The van der Waals surface area contributed by atoms with E-state index < -0.39 is 0 Å². The summed E-state index contributed by atoms with van der Waals surface area (Å²) < 4.78 is 5.40. The van der Waals surface area contributed by atoms with Crippen molar-refractivity contribution in [2.75, 3.05) is 18.5 Å². The maximum Gasteiger partial charge on any atom is 0.259 e. The SMILES string of the molecule is CCOc1cccc(NCC(=O)NN=Cc2c(Cl)cncc2Cl)c1. The number of ether oxygens (including phenoxy) is 1. The van der Waals surface area contributed by atoms with Crippen molar-refractivity contribution in [3.63, 3.8) is 0 Å². The number of aromatic nitrogens is 1. The summed E-state index contributed by atoms with van der Waals surface area (Å²) in [5.74, 6) is 0.428. The molecule has 0 unspecified atom stereocenters. The second kappa shape index (κ2) is 9.10. The van der Waals surface area contributed by atoms with E-state index in [4.69, 9.17) is 27.9 Å². The normalized spacial score (nSPS) is 10.6. The lowest BCUT2D eigenvalue weighted by Crippen LogP contribution is -2.25. The third kappa shape index (κ3) is 5.40. The highest BCUT2D eigenvalue weighted by molar-refractivity contribution is 6.38. The Bertz CT molecular complexity index is 718. The minimum atomic E-state index is -0.311. The number of pyridine rings is 1. The van der Waals surface area contributed by atoms with Crippen LogP contribution in [-0.4, -0.2) is 30.3 Å². The van der Waals surface area contributed by atoms with Gasteiger partial charge in [0.25, 0.3) is 5.91 Å². The van der Waals surface area contributed by atoms with Gasteiger partial charge in [-0.25, -0.2) is 5.43 Å². The van der Waals surface area contributed by atoms with E-state index >= 15 is 0 Å². The number of hydrazone groups is 1. The van der Waals surface area contributed by atoms with E-state index in [-0.39, 0.29) is 12.5 Å². The molecule has 0 spiro atoms. The number of hydrogen-bond acceptors (Lipinski definition) is 5. The Morgan fingerprint density at radius 3 is 2.79 bits per heavy atom. The molecule has 0 bridgehead atoms. The molecular formula is C16H16Cl2N4O2. The summed E-state index contributed by atoms with van der Waals surface area (Å²) in [5.41, 5.74) is 3.66.